The molecule has 0 radical (unpaired) electrons. The van der Waals surface area contributed by atoms with Crippen LogP contribution < -0.4 is 0 Å². The minimum absolute atomic E-state index is 0.765. The Morgan fingerprint density at radius 1 is 0.810 bits per heavy atom. The molecule has 0 atom stereocenters. The van der Waals surface area contributed by atoms with Crippen LogP contribution in [0.5, 0.6) is 0 Å². The second kappa shape index (κ2) is 8.04. The maximum atomic E-state index is 4.53. The average Bonchev–Trinajstić information content (AvgIpc) is 2.55. The molecule has 0 aliphatic carbocycles. The third kappa shape index (κ3) is 4.91. The third-order valence-electron chi connectivity index (χ3n) is 3.09. The number of hydrogen-bond donors (Lipinski definition) is 0. The first kappa shape index (κ1) is 15.0. The normalized spacial score (nSPS) is 12.5. The molecule has 2 aromatic heterocycles. The van der Waals surface area contributed by atoms with Crippen molar-refractivity contribution in [2.75, 3.05) is 13.1 Å². The van der Waals surface area contributed by atoms with E-state index in [4.69, 9.17) is 0 Å². The van der Waals surface area contributed by atoms with Gasteiger partial charge in [-0.15, -0.1) is 0 Å². The molecule has 0 N–H and O–H groups in total. The summed E-state index contributed by atoms with van der Waals surface area (Å²) >= 11 is 0. The van der Waals surface area contributed by atoms with Crippen molar-refractivity contribution in [3.8, 4) is 0 Å². The smallest absolute Gasteiger partial charge is 0.0836 e. The van der Waals surface area contributed by atoms with Gasteiger partial charge in [-0.1, -0.05) is 12.1 Å². The first-order chi connectivity index (χ1) is 10.3. The first-order valence-electron chi connectivity index (χ1n) is 7.12. The first-order valence-corrected chi connectivity index (χ1v) is 7.12. The third-order valence-corrected chi connectivity index (χ3v) is 3.09. The Bertz CT molecular complexity index is 548. The van der Waals surface area contributed by atoms with Gasteiger partial charge in [-0.2, -0.15) is 0 Å². The van der Waals surface area contributed by atoms with Crippen LogP contribution in [0.25, 0.3) is 0 Å². The number of aliphatic imine (C=N–C) groups is 2. The highest BCUT2D eigenvalue weighted by Crippen LogP contribution is 1.99. The molecule has 21 heavy (non-hydrogen) atoms. The molecule has 0 bridgehead atoms. The van der Waals surface area contributed by atoms with Crippen LogP contribution in [0.2, 0.25) is 0 Å². The predicted molar refractivity (Wildman–Crippen MR) is 87.2 cm³/mol. The van der Waals surface area contributed by atoms with Crippen LogP contribution in [0.4, 0.5) is 0 Å². The molecule has 4 heteroatoms. The van der Waals surface area contributed by atoms with Crippen LogP contribution in [0, 0.1) is 0 Å². The van der Waals surface area contributed by atoms with Gasteiger partial charge < -0.3 is 0 Å². The Balaban J connectivity index is 1.80. The highest BCUT2D eigenvalue weighted by atomic mass is 14.8. The topological polar surface area (TPSA) is 50.5 Å². The van der Waals surface area contributed by atoms with Crippen LogP contribution >= 0.6 is 0 Å². The minimum atomic E-state index is 0.765. The zero-order valence-electron chi connectivity index (χ0n) is 12.5. The van der Waals surface area contributed by atoms with Gasteiger partial charge in [-0.05, 0) is 44.5 Å². The van der Waals surface area contributed by atoms with E-state index in [9.17, 15) is 0 Å². The Morgan fingerprint density at radius 3 is 1.67 bits per heavy atom. The molecule has 2 heterocycles. The lowest BCUT2D eigenvalue weighted by Crippen LogP contribution is -2.01. The van der Waals surface area contributed by atoms with Crippen LogP contribution in [0.15, 0.2) is 58.8 Å². The van der Waals surface area contributed by atoms with E-state index in [-0.39, 0.29) is 0 Å². The van der Waals surface area contributed by atoms with E-state index < -0.39 is 0 Å². The lowest BCUT2D eigenvalue weighted by atomic mass is 10.2. The van der Waals surface area contributed by atoms with Gasteiger partial charge >= 0.3 is 0 Å². The van der Waals surface area contributed by atoms with Gasteiger partial charge in [-0.25, -0.2) is 0 Å². The Hall–Kier alpha value is -2.36. The molecule has 4 nitrogen and oxygen atoms in total. The fourth-order valence-corrected chi connectivity index (χ4v) is 1.88. The Labute approximate surface area is 125 Å². The zero-order valence-corrected chi connectivity index (χ0v) is 12.5. The summed E-state index contributed by atoms with van der Waals surface area (Å²) in [5.74, 6) is 0. The van der Waals surface area contributed by atoms with E-state index in [1.807, 2.05) is 50.2 Å². The van der Waals surface area contributed by atoms with Gasteiger partial charge in [0, 0.05) is 25.5 Å². The van der Waals surface area contributed by atoms with Crippen molar-refractivity contribution >= 4 is 11.4 Å². The van der Waals surface area contributed by atoms with E-state index in [1.165, 1.54) is 0 Å². The van der Waals surface area contributed by atoms with Gasteiger partial charge in [0.05, 0.1) is 22.8 Å². The van der Waals surface area contributed by atoms with Crippen molar-refractivity contribution < 1.29 is 0 Å². The zero-order chi connectivity index (χ0) is 14.9. The SMILES string of the molecule is CC(=NCCCN=C(C)c1ccccn1)c1ccccn1. The molecule has 0 saturated carbocycles. The van der Waals surface area contributed by atoms with E-state index in [0.29, 0.717) is 0 Å². The molecule has 0 spiro atoms. The molecule has 0 fully saturated rings. The number of hydrogen-bond acceptors (Lipinski definition) is 4. The number of nitrogens with zero attached hydrogens (tertiary/aromatic N) is 4. The highest BCUT2D eigenvalue weighted by molar-refractivity contribution is 5.97. The molecule has 2 rings (SSSR count). The maximum Gasteiger partial charge on any atom is 0.0836 e. The second-order valence-corrected chi connectivity index (χ2v) is 4.72. The predicted octanol–water partition coefficient (Wildman–Crippen LogP) is 3.18. The van der Waals surface area contributed by atoms with Crippen LogP contribution in [-0.4, -0.2) is 34.5 Å². The Kier molecular flexibility index (Phi) is 5.76. The average molecular weight is 280 g/mol. The summed E-state index contributed by atoms with van der Waals surface area (Å²) in [6, 6.07) is 11.7. The van der Waals surface area contributed by atoms with Gasteiger partial charge in [0.25, 0.3) is 0 Å². The standard InChI is InChI=1S/C17H20N4/c1-14(16-8-3-5-10-20-16)18-12-7-13-19-15(2)17-9-4-6-11-21-17/h3-6,8-11H,7,12-13H2,1-2H3. The van der Waals surface area contributed by atoms with Gasteiger partial charge in [0.1, 0.15) is 0 Å². The molecule has 0 unspecified atom stereocenters. The summed E-state index contributed by atoms with van der Waals surface area (Å²) in [6.07, 6.45) is 4.50. The van der Waals surface area contributed by atoms with Crippen molar-refractivity contribution in [2.45, 2.75) is 20.3 Å². The summed E-state index contributed by atoms with van der Waals surface area (Å²) in [6.45, 7) is 5.51. The van der Waals surface area contributed by atoms with Crippen molar-refractivity contribution in [2.24, 2.45) is 9.98 Å². The molecule has 2 aromatic rings. The van der Waals surface area contributed by atoms with E-state index in [0.717, 1.165) is 42.3 Å². The van der Waals surface area contributed by atoms with Crippen LogP contribution in [-0.2, 0) is 0 Å². The molecule has 0 aliphatic rings. The lowest BCUT2D eigenvalue weighted by Gasteiger charge is -2.01. The Morgan fingerprint density at radius 2 is 1.29 bits per heavy atom. The number of pyridine rings is 2. The summed E-state index contributed by atoms with van der Waals surface area (Å²) in [5, 5.41) is 0. The van der Waals surface area contributed by atoms with Crippen molar-refractivity contribution in [3.63, 3.8) is 0 Å². The minimum Gasteiger partial charge on any atom is -0.288 e. The molecule has 0 aliphatic heterocycles. The molecule has 108 valence electrons. The van der Waals surface area contributed by atoms with Crippen molar-refractivity contribution in [3.05, 3.63) is 60.2 Å². The molecule has 0 saturated heterocycles. The highest BCUT2D eigenvalue weighted by Gasteiger charge is 1.98. The quantitative estimate of drug-likeness (QED) is 0.602. The van der Waals surface area contributed by atoms with E-state index in [1.54, 1.807) is 12.4 Å². The van der Waals surface area contributed by atoms with Crippen LogP contribution in [0.1, 0.15) is 31.7 Å². The molecule has 0 amide bonds. The largest absolute Gasteiger partial charge is 0.288 e. The fourth-order valence-electron chi connectivity index (χ4n) is 1.88. The maximum absolute atomic E-state index is 4.53. The molecule has 0 aromatic carbocycles. The second-order valence-electron chi connectivity index (χ2n) is 4.72. The lowest BCUT2D eigenvalue weighted by molar-refractivity contribution is 0.844. The monoisotopic (exact) mass is 280 g/mol. The fraction of sp³-hybridized carbons (Fsp3) is 0.294. The molecular formula is C17H20N4. The van der Waals surface area contributed by atoms with Gasteiger partial charge in [0.2, 0.25) is 0 Å². The summed E-state index contributed by atoms with van der Waals surface area (Å²) in [5.41, 5.74) is 3.82. The summed E-state index contributed by atoms with van der Waals surface area (Å²) < 4.78 is 0. The summed E-state index contributed by atoms with van der Waals surface area (Å²) in [4.78, 5) is 17.6. The van der Waals surface area contributed by atoms with Gasteiger partial charge in [0.15, 0.2) is 0 Å². The number of aromatic nitrogens is 2. The molecular weight excluding hydrogens is 260 g/mol. The van der Waals surface area contributed by atoms with Crippen LogP contribution in [0.3, 0.4) is 0 Å². The summed E-state index contributed by atoms with van der Waals surface area (Å²) in [7, 11) is 0. The van der Waals surface area contributed by atoms with E-state index in [2.05, 4.69) is 20.0 Å². The van der Waals surface area contributed by atoms with E-state index >= 15 is 0 Å². The number of rotatable bonds is 6. The van der Waals surface area contributed by atoms with Gasteiger partial charge in [-0.3, -0.25) is 20.0 Å². The van der Waals surface area contributed by atoms with Crippen molar-refractivity contribution in [1.29, 1.82) is 0 Å². The van der Waals surface area contributed by atoms with Crippen molar-refractivity contribution in [1.82, 2.24) is 9.97 Å².